The van der Waals surface area contributed by atoms with Crippen LogP contribution in [0.4, 0.5) is 0 Å². The maximum Gasteiger partial charge on any atom is 0.350 e. The summed E-state index contributed by atoms with van der Waals surface area (Å²) in [7, 11) is 0. The van der Waals surface area contributed by atoms with Crippen LogP contribution < -0.4 is 11.0 Å². The van der Waals surface area contributed by atoms with Gasteiger partial charge in [-0.15, -0.1) is 5.10 Å². The molecule has 8 nitrogen and oxygen atoms in total. The Balaban J connectivity index is 1.26. The molecule has 1 amide bonds. The molecule has 2 unspecified atom stereocenters. The van der Waals surface area contributed by atoms with Crippen LogP contribution in [0.3, 0.4) is 0 Å². The maximum absolute atomic E-state index is 12.2. The average molecular weight is 345 g/mol. The summed E-state index contributed by atoms with van der Waals surface area (Å²) in [4.78, 5) is 26.7. The number of morpholine rings is 1. The van der Waals surface area contributed by atoms with E-state index in [4.69, 9.17) is 4.74 Å². The number of hydrogen-bond acceptors (Lipinski definition) is 5. The summed E-state index contributed by atoms with van der Waals surface area (Å²) in [5, 5.41) is 7.14. The summed E-state index contributed by atoms with van der Waals surface area (Å²) in [6.45, 7) is 3.57. The minimum absolute atomic E-state index is 0.0521. The molecular formula is C17H23N5O3. The number of carbonyl (C=O) groups is 1. The molecular weight excluding hydrogens is 322 g/mol. The zero-order valence-electron chi connectivity index (χ0n) is 14.1. The first-order chi connectivity index (χ1) is 12.2. The maximum atomic E-state index is 12.2. The molecule has 134 valence electrons. The highest BCUT2D eigenvalue weighted by atomic mass is 16.5. The number of aryl methyl sites for hydroxylation is 1. The molecule has 2 aliphatic heterocycles. The fourth-order valence-electron chi connectivity index (χ4n) is 3.65. The fraction of sp³-hybridized carbons (Fsp3) is 0.588. The second-order valence-corrected chi connectivity index (χ2v) is 6.73. The Morgan fingerprint density at radius 1 is 1.40 bits per heavy atom. The van der Waals surface area contributed by atoms with E-state index < -0.39 is 0 Å². The molecule has 2 aromatic heterocycles. The molecule has 0 aliphatic carbocycles. The SMILES string of the molecule is O=C(CCn1nc2ccccn2c1=O)NCC1CN2CCCC2CO1. The summed E-state index contributed by atoms with van der Waals surface area (Å²) in [5.41, 5.74) is 0.364. The Morgan fingerprint density at radius 3 is 3.20 bits per heavy atom. The first kappa shape index (κ1) is 16.3. The number of ether oxygens (including phenoxy) is 1. The van der Waals surface area contributed by atoms with Gasteiger partial charge in [0.2, 0.25) is 5.91 Å². The molecule has 4 rings (SSSR count). The predicted octanol–water partition coefficient (Wildman–Crippen LogP) is -0.134. The third-order valence-corrected chi connectivity index (χ3v) is 5.03. The molecule has 4 heterocycles. The molecule has 2 fully saturated rings. The second kappa shape index (κ2) is 6.97. The van der Waals surface area contributed by atoms with Crippen molar-refractivity contribution in [1.29, 1.82) is 0 Å². The van der Waals surface area contributed by atoms with Crippen LogP contribution in [-0.2, 0) is 16.1 Å². The van der Waals surface area contributed by atoms with Crippen molar-refractivity contribution < 1.29 is 9.53 Å². The molecule has 0 spiro atoms. The summed E-state index contributed by atoms with van der Waals surface area (Å²) in [6, 6.07) is 5.94. The molecule has 2 saturated heterocycles. The van der Waals surface area contributed by atoms with Gasteiger partial charge in [-0.1, -0.05) is 6.07 Å². The molecule has 0 radical (unpaired) electrons. The molecule has 25 heavy (non-hydrogen) atoms. The lowest BCUT2D eigenvalue weighted by Gasteiger charge is -2.35. The van der Waals surface area contributed by atoms with E-state index in [1.807, 2.05) is 6.07 Å². The van der Waals surface area contributed by atoms with Gasteiger partial charge in [0, 0.05) is 31.7 Å². The fourth-order valence-corrected chi connectivity index (χ4v) is 3.65. The quantitative estimate of drug-likeness (QED) is 0.816. The van der Waals surface area contributed by atoms with Crippen LogP contribution in [-0.4, -0.2) is 63.4 Å². The lowest BCUT2D eigenvalue weighted by atomic mass is 10.2. The van der Waals surface area contributed by atoms with Gasteiger partial charge in [-0.25, -0.2) is 9.48 Å². The lowest BCUT2D eigenvalue weighted by Crippen LogP contribution is -2.50. The number of hydrogen-bond donors (Lipinski definition) is 1. The normalized spacial score (nSPS) is 23.7. The number of pyridine rings is 1. The molecule has 2 aliphatic rings. The second-order valence-electron chi connectivity index (χ2n) is 6.73. The van der Waals surface area contributed by atoms with Crippen molar-refractivity contribution in [2.75, 3.05) is 26.2 Å². The van der Waals surface area contributed by atoms with Gasteiger partial charge in [0.15, 0.2) is 5.65 Å². The average Bonchev–Trinajstić information content (AvgIpc) is 3.22. The van der Waals surface area contributed by atoms with E-state index in [0.29, 0.717) is 18.2 Å². The highest BCUT2D eigenvalue weighted by molar-refractivity contribution is 5.75. The standard InChI is InChI=1S/C17H23N5O3/c23-16(18-10-14-11-20-7-3-4-13(20)12-25-14)6-9-22-17(24)21-8-2-1-5-15(21)19-22/h1-2,5,8,13-14H,3-4,6-7,9-12H2,(H,18,23). The Kier molecular flexibility index (Phi) is 4.54. The van der Waals surface area contributed by atoms with Crippen molar-refractivity contribution in [3.05, 3.63) is 34.9 Å². The molecule has 0 aromatic carbocycles. The summed E-state index contributed by atoms with van der Waals surface area (Å²) >= 11 is 0. The van der Waals surface area contributed by atoms with Gasteiger partial charge in [-0.2, -0.15) is 0 Å². The van der Waals surface area contributed by atoms with E-state index in [0.717, 1.165) is 19.7 Å². The van der Waals surface area contributed by atoms with Crippen molar-refractivity contribution in [3.8, 4) is 0 Å². The highest BCUT2D eigenvalue weighted by Gasteiger charge is 2.32. The van der Waals surface area contributed by atoms with Gasteiger partial charge in [-0.05, 0) is 31.5 Å². The minimum atomic E-state index is -0.223. The summed E-state index contributed by atoms with van der Waals surface area (Å²) < 4.78 is 8.64. The van der Waals surface area contributed by atoms with Crippen LogP contribution in [0, 0.1) is 0 Å². The number of aromatic nitrogens is 3. The number of nitrogens with one attached hydrogen (secondary N) is 1. The molecule has 0 bridgehead atoms. The monoisotopic (exact) mass is 345 g/mol. The van der Waals surface area contributed by atoms with Crippen LogP contribution in [0.5, 0.6) is 0 Å². The van der Waals surface area contributed by atoms with Gasteiger partial charge in [0.05, 0.1) is 19.3 Å². The van der Waals surface area contributed by atoms with Crippen LogP contribution in [0.1, 0.15) is 19.3 Å². The molecule has 2 atom stereocenters. The van der Waals surface area contributed by atoms with Crippen LogP contribution in [0.25, 0.3) is 5.65 Å². The lowest BCUT2D eigenvalue weighted by molar-refractivity contribution is -0.122. The number of amides is 1. The van der Waals surface area contributed by atoms with Crippen molar-refractivity contribution in [2.24, 2.45) is 0 Å². The minimum Gasteiger partial charge on any atom is -0.373 e. The van der Waals surface area contributed by atoms with Crippen LogP contribution in [0.2, 0.25) is 0 Å². The number of rotatable bonds is 5. The first-order valence-corrected chi connectivity index (χ1v) is 8.87. The Hall–Kier alpha value is -2.19. The van der Waals surface area contributed by atoms with Gasteiger partial charge in [0.1, 0.15) is 0 Å². The van der Waals surface area contributed by atoms with Crippen molar-refractivity contribution >= 4 is 11.6 Å². The van der Waals surface area contributed by atoms with Gasteiger partial charge in [-0.3, -0.25) is 14.1 Å². The topological polar surface area (TPSA) is 80.9 Å². The third-order valence-electron chi connectivity index (χ3n) is 5.03. The van der Waals surface area contributed by atoms with Crippen LogP contribution in [0.15, 0.2) is 29.2 Å². The Morgan fingerprint density at radius 2 is 2.32 bits per heavy atom. The van der Waals surface area contributed by atoms with Crippen molar-refractivity contribution in [2.45, 2.75) is 38.0 Å². The molecule has 0 saturated carbocycles. The van der Waals surface area contributed by atoms with Gasteiger partial charge in [0.25, 0.3) is 0 Å². The zero-order valence-corrected chi connectivity index (χ0v) is 14.1. The number of carbonyl (C=O) groups excluding carboxylic acids is 1. The van der Waals surface area contributed by atoms with Crippen molar-refractivity contribution in [1.82, 2.24) is 24.4 Å². The van der Waals surface area contributed by atoms with E-state index in [2.05, 4.69) is 15.3 Å². The van der Waals surface area contributed by atoms with E-state index >= 15 is 0 Å². The third kappa shape index (κ3) is 3.45. The summed E-state index contributed by atoms with van der Waals surface area (Å²) in [6.07, 6.45) is 4.40. The zero-order chi connectivity index (χ0) is 17.2. The predicted molar refractivity (Wildman–Crippen MR) is 91.4 cm³/mol. The van der Waals surface area contributed by atoms with Crippen LogP contribution >= 0.6 is 0 Å². The smallest absolute Gasteiger partial charge is 0.350 e. The van der Waals surface area contributed by atoms with E-state index in [1.165, 1.54) is 21.9 Å². The Labute approximate surface area is 145 Å². The molecule has 1 N–H and O–H groups in total. The van der Waals surface area contributed by atoms with E-state index in [-0.39, 0.29) is 30.7 Å². The van der Waals surface area contributed by atoms with E-state index in [9.17, 15) is 9.59 Å². The highest BCUT2D eigenvalue weighted by Crippen LogP contribution is 2.22. The molecule has 8 heteroatoms. The van der Waals surface area contributed by atoms with Gasteiger partial charge >= 0.3 is 5.69 Å². The van der Waals surface area contributed by atoms with Crippen molar-refractivity contribution in [3.63, 3.8) is 0 Å². The molecule has 2 aromatic rings. The number of nitrogens with zero attached hydrogens (tertiary/aromatic N) is 4. The van der Waals surface area contributed by atoms with Gasteiger partial charge < -0.3 is 10.1 Å². The van der Waals surface area contributed by atoms with E-state index in [1.54, 1.807) is 18.3 Å². The largest absolute Gasteiger partial charge is 0.373 e. The Bertz CT molecular complexity index is 814. The summed E-state index contributed by atoms with van der Waals surface area (Å²) in [5.74, 6) is -0.0869. The first-order valence-electron chi connectivity index (χ1n) is 8.87. The number of fused-ring (bicyclic) bond motifs is 2.